The van der Waals surface area contributed by atoms with Crippen LogP contribution in [0.3, 0.4) is 0 Å². The van der Waals surface area contributed by atoms with Crippen molar-refractivity contribution in [2.75, 3.05) is 6.54 Å². The lowest BCUT2D eigenvalue weighted by molar-refractivity contribution is -0.124. The van der Waals surface area contributed by atoms with E-state index >= 15 is 0 Å². The molecule has 1 saturated carbocycles. The van der Waals surface area contributed by atoms with Gasteiger partial charge in [0.25, 0.3) is 0 Å². The second kappa shape index (κ2) is 8.76. The monoisotopic (exact) mass is 374 g/mol. The van der Waals surface area contributed by atoms with Gasteiger partial charge in [0, 0.05) is 17.4 Å². The number of nitrogens with one attached hydrogen (secondary N) is 1. The average Bonchev–Trinajstić information content (AvgIpc) is 2.47. The molecule has 1 aromatic carbocycles. The Hall–Kier alpha value is -0.580. The van der Waals surface area contributed by atoms with Gasteiger partial charge in [0.05, 0.1) is 0 Å². The number of hydrogen-bond acceptors (Lipinski definition) is 2. The van der Waals surface area contributed by atoms with Crippen molar-refractivity contribution >= 4 is 34.2 Å². The number of rotatable bonds is 5. The predicted molar refractivity (Wildman–Crippen MR) is 92.4 cm³/mol. The Morgan fingerprint density at radius 1 is 1.19 bits per heavy atom. The van der Waals surface area contributed by atoms with E-state index in [1.807, 2.05) is 24.3 Å². The van der Waals surface area contributed by atoms with E-state index in [1.165, 1.54) is 19.3 Å². The van der Waals surface area contributed by atoms with Crippen LogP contribution in [0.15, 0.2) is 28.7 Å². The van der Waals surface area contributed by atoms with Gasteiger partial charge in [-0.2, -0.15) is 0 Å². The molecule has 0 saturated heterocycles. The first kappa shape index (κ1) is 18.5. The fraction of sp³-hybridized carbons (Fsp3) is 0.562. The molecule has 1 fully saturated rings. The fourth-order valence-electron chi connectivity index (χ4n) is 2.96. The Balaban J connectivity index is 0.00000220. The van der Waals surface area contributed by atoms with Crippen molar-refractivity contribution < 1.29 is 4.79 Å². The lowest BCUT2D eigenvalue weighted by atomic mass is 9.71. The fourth-order valence-corrected chi connectivity index (χ4v) is 3.23. The third-order valence-corrected chi connectivity index (χ3v) is 4.81. The Morgan fingerprint density at radius 3 is 2.38 bits per heavy atom. The van der Waals surface area contributed by atoms with Gasteiger partial charge in [-0.15, -0.1) is 12.4 Å². The van der Waals surface area contributed by atoms with Gasteiger partial charge in [-0.05, 0) is 42.5 Å². The third-order valence-electron chi connectivity index (χ3n) is 4.29. The summed E-state index contributed by atoms with van der Waals surface area (Å²) in [7, 11) is 0. The highest BCUT2D eigenvalue weighted by atomic mass is 79.9. The number of carbonyl (C=O) groups is 1. The molecule has 118 valence electrons. The van der Waals surface area contributed by atoms with Crippen molar-refractivity contribution in [3.05, 3.63) is 34.3 Å². The van der Waals surface area contributed by atoms with E-state index in [2.05, 4.69) is 21.2 Å². The average molecular weight is 376 g/mol. The minimum Gasteiger partial charge on any atom is -0.352 e. The molecule has 1 amide bonds. The molecule has 0 aliphatic heterocycles. The van der Waals surface area contributed by atoms with Crippen LogP contribution < -0.4 is 11.1 Å². The standard InChI is InChI=1S/C16H23BrN2O.ClH/c17-14-6-4-13(5-7-14)11-19-15(20)10-16(12-18)8-2-1-3-9-16;/h4-7H,1-3,8-12,18H2,(H,19,20);1H. The second-order valence-electron chi connectivity index (χ2n) is 5.84. The van der Waals surface area contributed by atoms with Crippen LogP contribution in [0.25, 0.3) is 0 Å². The molecule has 0 aromatic heterocycles. The van der Waals surface area contributed by atoms with Crippen molar-refractivity contribution in [2.45, 2.75) is 45.1 Å². The molecular formula is C16H24BrClN2O. The lowest BCUT2D eigenvalue weighted by Crippen LogP contribution is -2.38. The molecule has 0 atom stereocenters. The first-order valence-corrected chi connectivity index (χ1v) is 8.14. The van der Waals surface area contributed by atoms with Crippen LogP contribution in [0.5, 0.6) is 0 Å². The van der Waals surface area contributed by atoms with Gasteiger partial charge in [-0.1, -0.05) is 47.3 Å². The van der Waals surface area contributed by atoms with Crippen molar-refractivity contribution in [2.24, 2.45) is 11.1 Å². The van der Waals surface area contributed by atoms with Crippen LogP contribution in [-0.2, 0) is 11.3 Å². The maximum absolute atomic E-state index is 12.1. The third kappa shape index (κ3) is 5.61. The minimum absolute atomic E-state index is 0. The summed E-state index contributed by atoms with van der Waals surface area (Å²) in [6.45, 7) is 1.21. The van der Waals surface area contributed by atoms with Crippen molar-refractivity contribution in [3.63, 3.8) is 0 Å². The molecule has 0 heterocycles. The first-order chi connectivity index (χ1) is 9.63. The minimum atomic E-state index is 0. The van der Waals surface area contributed by atoms with Crippen LogP contribution >= 0.6 is 28.3 Å². The summed E-state index contributed by atoms with van der Waals surface area (Å²) in [5.74, 6) is 0.125. The summed E-state index contributed by atoms with van der Waals surface area (Å²) in [5, 5.41) is 3.02. The zero-order chi connectivity index (χ0) is 14.4. The van der Waals surface area contributed by atoms with Crippen LogP contribution in [0.2, 0.25) is 0 Å². The number of halogens is 2. The molecule has 1 aromatic rings. The Kier molecular flexibility index (Phi) is 7.71. The second-order valence-corrected chi connectivity index (χ2v) is 6.76. The number of amides is 1. The molecule has 3 N–H and O–H groups in total. The highest BCUT2D eigenvalue weighted by Gasteiger charge is 2.32. The molecule has 0 spiro atoms. The van der Waals surface area contributed by atoms with E-state index in [1.54, 1.807) is 0 Å². The molecule has 2 rings (SSSR count). The van der Waals surface area contributed by atoms with E-state index in [0.29, 0.717) is 19.5 Å². The van der Waals surface area contributed by atoms with Crippen molar-refractivity contribution in [1.82, 2.24) is 5.32 Å². The number of carbonyl (C=O) groups excluding carboxylic acids is 1. The zero-order valence-corrected chi connectivity index (χ0v) is 14.6. The van der Waals surface area contributed by atoms with Crippen LogP contribution in [-0.4, -0.2) is 12.5 Å². The van der Waals surface area contributed by atoms with Crippen LogP contribution in [0.4, 0.5) is 0 Å². The van der Waals surface area contributed by atoms with E-state index in [-0.39, 0.29) is 23.7 Å². The largest absolute Gasteiger partial charge is 0.352 e. The Morgan fingerprint density at radius 2 is 1.81 bits per heavy atom. The van der Waals surface area contributed by atoms with E-state index in [4.69, 9.17) is 5.73 Å². The smallest absolute Gasteiger partial charge is 0.220 e. The molecular weight excluding hydrogens is 352 g/mol. The van der Waals surface area contributed by atoms with Crippen molar-refractivity contribution in [3.8, 4) is 0 Å². The summed E-state index contributed by atoms with van der Waals surface area (Å²) in [6, 6.07) is 8.02. The molecule has 0 radical (unpaired) electrons. The molecule has 0 unspecified atom stereocenters. The lowest BCUT2D eigenvalue weighted by Gasteiger charge is -2.35. The van der Waals surface area contributed by atoms with Gasteiger partial charge in [0.15, 0.2) is 0 Å². The topological polar surface area (TPSA) is 55.1 Å². The first-order valence-electron chi connectivity index (χ1n) is 7.35. The van der Waals surface area contributed by atoms with Crippen molar-refractivity contribution in [1.29, 1.82) is 0 Å². The van der Waals surface area contributed by atoms with Gasteiger partial charge in [-0.25, -0.2) is 0 Å². The number of benzene rings is 1. The number of nitrogens with two attached hydrogens (primary N) is 1. The Labute approximate surface area is 141 Å². The summed E-state index contributed by atoms with van der Waals surface area (Å²) in [4.78, 5) is 12.1. The zero-order valence-electron chi connectivity index (χ0n) is 12.2. The summed E-state index contributed by atoms with van der Waals surface area (Å²) >= 11 is 3.41. The van der Waals surface area contributed by atoms with E-state index in [9.17, 15) is 4.79 Å². The summed E-state index contributed by atoms with van der Waals surface area (Å²) in [5.41, 5.74) is 7.09. The van der Waals surface area contributed by atoms with Gasteiger partial charge in [0.2, 0.25) is 5.91 Å². The highest BCUT2D eigenvalue weighted by molar-refractivity contribution is 9.10. The van der Waals surface area contributed by atoms with Gasteiger partial charge in [0.1, 0.15) is 0 Å². The normalized spacial score (nSPS) is 16.9. The van der Waals surface area contributed by atoms with Gasteiger partial charge >= 0.3 is 0 Å². The van der Waals surface area contributed by atoms with Crippen LogP contribution in [0.1, 0.15) is 44.1 Å². The van der Waals surface area contributed by atoms with Gasteiger partial charge in [-0.3, -0.25) is 4.79 Å². The predicted octanol–water partition coefficient (Wildman–Crippen LogP) is 3.79. The Bertz CT molecular complexity index is 444. The molecule has 1 aliphatic rings. The summed E-state index contributed by atoms with van der Waals surface area (Å²) < 4.78 is 1.05. The summed E-state index contributed by atoms with van der Waals surface area (Å²) in [6.07, 6.45) is 6.45. The maximum Gasteiger partial charge on any atom is 0.220 e. The molecule has 21 heavy (non-hydrogen) atoms. The molecule has 1 aliphatic carbocycles. The SMILES string of the molecule is Cl.NCC1(CC(=O)NCc2ccc(Br)cc2)CCCCC1. The quantitative estimate of drug-likeness (QED) is 0.822. The van der Waals surface area contributed by atoms with E-state index in [0.717, 1.165) is 22.9 Å². The molecule has 5 heteroatoms. The highest BCUT2D eigenvalue weighted by Crippen LogP contribution is 2.38. The molecule has 0 bridgehead atoms. The van der Waals surface area contributed by atoms with E-state index < -0.39 is 0 Å². The molecule has 3 nitrogen and oxygen atoms in total. The number of hydrogen-bond donors (Lipinski definition) is 2. The van der Waals surface area contributed by atoms with Crippen LogP contribution in [0, 0.1) is 5.41 Å². The van der Waals surface area contributed by atoms with Gasteiger partial charge < -0.3 is 11.1 Å². The maximum atomic E-state index is 12.1.